The van der Waals surface area contributed by atoms with Crippen LogP contribution in [0.5, 0.6) is 0 Å². The lowest BCUT2D eigenvalue weighted by Crippen LogP contribution is -1.71. The van der Waals surface area contributed by atoms with Gasteiger partial charge in [-0.05, 0) is 0 Å². The lowest BCUT2D eigenvalue weighted by atomic mass is 10.2. The predicted octanol–water partition coefficient (Wildman–Crippen LogP) is 1.40. The summed E-state index contributed by atoms with van der Waals surface area (Å²) in [5.74, 6) is 0. The van der Waals surface area contributed by atoms with E-state index in [4.69, 9.17) is 0 Å². The molecule has 0 amide bonds. The summed E-state index contributed by atoms with van der Waals surface area (Å²) in [4.78, 5) is 0. The summed E-state index contributed by atoms with van der Waals surface area (Å²) in [6, 6.07) is 0. The first-order valence-electron chi connectivity index (χ1n) is 1.73. The lowest BCUT2D eigenvalue weighted by molar-refractivity contribution is 2.24. The Hall–Kier alpha value is 0.495. The number of rotatable bonds is 1. The molecule has 0 saturated heterocycles. The van der Waals surface area contributed by atoms with Crippen LogP contribution in [0.4, 0.5) is 0 Å². The molecule has 0 aromatic carbocycles. The van der Waals surface area contributed by atoms with E-state index in [-0.39, 0.29) is 7.80 Å². The molecule has 2 heteroatoms. The van der Waals surface area contributed by atoms with Gasteiger partial charge < -0.3 is 0 Å². The Balaban J connectivity index is 2.54. The van der Waals surface area contributed by atoms with Gasteiger partial charge in [-0.15, -0.1) is 0 Å². The van der Waals surface area contributed by atoms with Gasteiger partial charge in [-0.25, -0.2) is 0 Å². The summed E-state index contributed by atoms with van der Waals surface area (Å²) < 4.78 is 0. The van der Waals surface area contributed by atoms with E-state index in [0.717, 1.165) is 0 Å². The van der Waals surface area contributed by atoms with Crippen LogP contribution in [0.1, 0.15) is 0 Å². The molecule has 0 aliphatic carbocycles. The molecule has 0 bridgehead atoms. The summed E-state index contributed by atoms with van der Waals surface area (Å²) in [5.41, 5.74) is 0. The van der Waals surface area contributed by atoms with Gasteiger partial charge in [0.05, 0.1) is 0 Å². The normalized spacial score (nSPS) is 8.80. The Morgan fingerprint density at radius 2 is 1.60 bits per heavy atom. The van der Waals surface area contributed by atoms with E-state index in [0.29, 0.717) is 0 Å². The third-order valence-corrected chi connectivity index (χ3v) is 1.55. The Morgan fingerprint density at radius 3 is 1.60 bits per heavy atom. The molecule has 0 aliphatic rings. The topological polar surface area (TPSA) is 0 Å². The number of hydrogen-bond acceptors (Lipinski definition) is 0. The van der Waals surface area contributed by atoms with Gasteiger partial charge in [0.15, 0.2) is 0 Å². The van der Waals surface area contributed by atoms with E-state index in [2.05, 4.69) is 27.2 Å². The van der Waals surface area contributed by atoms with Crippen LogP contribution in [0.15, 0.2) is 0 Å². The van der Waals surface area contributed by atoms with E-state index < -0.39 is 0 Å². The van der Waals surface area contributed by atoms with Crippen LogP contribution < -0.4 is 0 Å². The minimum atomic E-state index is 0.277. The van der Waals surface area contributed by atoms with Crippen LogP contribution in [-0.2, 0) is 0 Å². The van der Waals surface area contributed by atoms with Gasteiger partial charge in [0, 0.05) is 0 Å². The third-order valence-electron chi connectivity index (χ3n) is 0.516. The first kappa shape index (κ1) is 5.49. The second-order valence-electron chi connectivity index (χ2n) is 1.22. The van der Waals surface area contributed by atoms with Crippen molar-refractivity contribution in [3.63, 3.8) is 0 Å². The van der Waals surface area contributed by atoms with E-state index >= 15 is 0 Å². The highest BCUT2D eigenvalue weighted by Crippen LogP contribution is 2.19. The highest BCUT2D eigenvalue weighted by atomic mass is 31.1. The van der Waals surface area contributed by atoms with Gasteiger partial charge in [0.1, 0.15) is 7.00 Å². The minimum absolute atomic E-state index is 0.277. The fourth-order valence-electron chi connectivity index (χ4n) is 0. The SMILES string of the molecule is C[B]P(C)C. The largest absolute Gasteiger partial charge is 0.155 e. The molecule has 0 unspecified atom stereocenters. The summed E-state index contributed by atoms with van der Waals surface area (Å²) in [7, 11) is 0.277. The zero-order valence-corrected chi connectivity index (χ0v) is 4.92. The molecule has 5 heavy (non-hydrogen) atoms. The fourth-order valence-corrected chi connectivity index (χ4v) is 0. The van der Waals surface area contributed by atoms with Crippen LogP contribution in [0.3, 0.4) is 0 Å². The van der Waals surface area contributed by atoms with Gasteiger partial charge in [-0.3, -0.25) is 0 Å². The molecule has 0 N–H and O–H groups in total. The molecule has 0 aromatic rings. The Labute approximate surface area is 35.9 Å². The monoisotopic (exact) mass is 87.1 g/mol. The Bertz CT molecular complexity index is 20.9. The first-order valence-corrected chi connectivity index (χ1v) is 4.04. The first-order chi connectivity index (χ1) is 2.27. The molecule has 0 nitrogen and oxygen atoms in total. The maximum absolute atomic E-state index is 2.23. The Morgan fingerprint density at radius 1 is 1.40 bits per heavy atom. The maximum Gasteiger partial charge on any atom is 0.142 e. The van der Waals surface area contributed by atoms with Crippen LogP contribution in [-0.4, -0.2) is 20.3 Å². The smallest absolute Gasteiger partial charge is 0.142 e. The van der Waals surface area contributed by atoms with Crippen molar-refractivity contribution in [1.82, 2.24) is 0 Å². The lowest BCUT2D eigenvalue weighted by Gasteiger charge is -1.90. The summed E-state index contributed by atoms with van der Waals surface area (Å²) in [5, 5.41) is 0. The van der Waals surface area contributed by atoms with Gasteiger partial charge in [-0.1, -0.05) is 20.2 Å². The molecule has 0 heterocycles. The second kappa shape index (κ2) is 2.72. The molecule has 1 radical (unpaired) electrons. The van der Waals surface area contributed by atoms with Crippen molar-refractivity contribution < 1.29 is 0 Å². The number of hydrogen-bond donors (Lipinski definition) is 0. The third kappa shape index (κ3) is 4.49. The average molecular weight is 86.9 g/mol. The molecule has 0 spiro atoms. The van der Waals surface area contributed by atoms with Crippen molar-refractivity contribution in [3.8, 4) is 0 Å². The van der Waals surface area contributed by atoms with Gasteiger partial charge in [0.25, 0.3) is 0 Å². The van der Waals surface area contributed by atoms with Crippen LogP contribution >= 0.6 is 7.80 Å². The van der Waals surface area contributed by atoms with Crippen molar-refractivity contribution in [2.75, 3.05) is 13.3 Å². The molecule has 0 saturated carbocycles. The molecule has 0 rings (SSSR count). The molecule has 0 atom stereocenters. The van der Waals surface area contributed by atoms with Crippen molar-refractivity contribution >= 4 is 14.8 Å². The predicted molar refractivity (Wildman–Crippen MR) is 30.4 cm³/mol. The molecule has 0 aromatic heterocycles. The maximum atomic E-state index is 2.23. The average Bonchev–Trinajstić information content (AvgIpc) is 1.38. The van der Waals surface area contributed by atoms with Crippen LogP contribution in [0, 0.1) is 0 Å². The quantitative estimate of drug-likeness (QED) is 0.335. The summed E-state index contributed by atoms with van der Waals surface area (Å²) in [6.45, 7) is 8.80. The molecular formula is C3H9BP. The molecule has 0 aliphatic heterocycles. The van der Waals surface area contributed by atoms with Gasteiger partial charge in [-0.2, -0.15) is 7.80 Å². The summed E-state index contributed by atoms with van der Waals surface area (Å²) in [6.07, 6.45) is 0. The van der Waals surface area contributed by atoms with Crippen molar-refractivity contribution in [3.05, 3.63) is 0 Å². The highest BCUT2D eigenvalue weighted by molar-refractivity contribution is 7.84. The van der Waals surface area contributed by atoms with Crippen LogP contribution in [0.2, 0.25) is 6.82 Å². The Kier molecular flexibility index (Phi) is 2.99. The zero-order chi connectivity index (χ0) is 4.28. The van der Waals surface area contributed by atoms with E-state index in [1.807, 2.05) is 0 Å². The van der Waals surface area contributed by atoms with E-state index in [9.17, 15) is 0 Å². The highest BCUT2D eigenvalue weighted by Gasteiger charge is 1.81. The van der Waals surface area contributed by atoms with Gasteiger partial charge >= 0.3 is 0 Å². The molecule has 0 fully saturated rings. The molecule has 29 valence electrons. The second-order valence-corrected chi connectivity index (χ2v) is 3.67. The van der Waals surface area contributed by atoms with Crippen molar-refractivity contribution in [2.45, 2.75) is 6.82 Å². The van der Waals surface area contributed by atoms with E-state index in [1.54, 1.807) is 0 Å². The standard InChI is InChI=1S/C3H9BP/c1-4-5(2)3/h1-3H3. The van der Waals surface area contributed by atoms with Crippen LogP contribution in [0.25, 0.3) is 0 Å². The molecular weight excluding hydrogens is 77.8 g/mol. The summed E-state index contributed by atoms with van der Waals surface area (Å²) >= 11 is 0. The van der Waals surface area contributed by atoms with E-state index in [1.165, 1.54) is 0 Å². The van der Waals surface area contributed by atoms with Crippen molar-refractivity contribution in [1.29, 1.82) is 0 Å². The van der Waals surface area contributed by atoms with Crippen molar-refractivity contribution in [2.24, 2.45) is 0 Å². The minimum Gasteiger partial charge on any atom is -0.155 e. The van der Waals surface area contributed by atoms with Gasteiger partial charge in [0.2, 0.25) is 0 Å². The fraction of sp³-hybridized carbons (Fsp3) is 1.00. The zero-order valence-electron chi connectivity index (χ0n) is 4.02.